The molecular weight excluding hydrogens is 352 g/mol. The van der Waals surface area contributed by atoms with Crippen molar-refractivity contribution in [2.45, 2.75) is 38.8 Å². The van der Waals surface area contributed by atoms with Crippen LogP contribution in [0, 0.1) is 0 Å². The van der Waals surface area contributed by atoms with Crippen molar-refractivity contribution in [2.24, 2.45) is 0 Å². The first kappa shape index (κ1) is 20.2. The number of piperidine rings is 1. The SMILES string of the molecule is CCOc1ccc(CNC2CCN(C(=O)Cc3ccccc3OC)CC2)cc1. The van der Waals surface area contributed by atoms with Crippen LogP contribution in [0.5, 0.6) is 11.5 Å². The van der Waals surface area contributed by atoms with Gasteiger partial charge in [0.25, 0.3) is 0 Å². The molecule has 5 nitrogen and oxygen atoms in total. The number of nitrogens with one attached hydrogen (secondary N) is 1. The third kappa shape index (κ3) is 5.49. The number of ether oxygens (including phenoxy) is 2. The minimum absolute atomic E-state index is 0.175. The molecule has 5 heteroatoms. The fraction of sp³-hybridized carbons (Fsp3) is 0.435. The number of benzene rings is 2. The monoisotopic (exact) mass is 382 g/mol. The smallest absolute Gasteiger partial charge is 0.227 e. The van der Waals surface area contributed by atoms with Crippen LogP contribution in [0.2, 0.25) is 0 Å². The van der Waals surface area contributed by atoms with Crippen LogP contribution in [0.3, 0.4) is 0 Å². The Morgan fingerprint density at radius 3 is 2.50 bits per heavy atom. The van der Waals surface area contributed by atoms with Gasteiger partial charge in [0.1, 0.15) is 11.5 Å². The second-order valence-corrected chi connectivity index (χ2v) is 7.10. The van der Waals surface area contributed by atoms with Gasteiger partial charge in [-0.3, -0.25) is 4.79 Å². The van der Waals surface area contributed by atoms with E-state index >= 15 is 0 Å². The highest BCUT2D eigenvalue weighted by molar-refractivity contribution is 5.79. The molecule has 0 aliphatic carbocycles. The number of hydrogen-bond acceptors (Lipinski definition) is 4. The van der Waals surface area contributed by atoms with E-state index in [0.29, 0.717) is 19.1 Å². The molecule has 0 spiro atoms. The molecule has 1 N–H and O–H groups in total. The molecule has 28 heavy (non-hydrogen) atoms. The van der Waals surface area contributed by atoms with Crippen LogP contribution in [0.4, 0.5) is 0 Å². The molecular formula is C23H30N2O3. The highest BCUT2D eigenvalue weighted by Gasteiger charge is 2.23. The van der Waals surface area contributed by atoms with Crippen LogP contribution < -0.4 is 14.8 Å². The summed E-state index contributed by atoms with van der Waals surface area (Å²) in [4.78, 5) is 14.6. The maximum atomic E-state index is 12.6. The lowest BCUT2D eigenvalue weighted by molar-refractivity contribution is -0.131. The average molecular weight is 383 g/mol. The number of carbonyl (C=O) groups excluding carboxylic acids is 1. The van der Waals surface area contributed by atoms with Gasteiger partial charge in [-0.2, -0.15) is 0 Å². The van der Waals surface area contributed by atoms with E-state index in [1.165, 1.54) is 5.56 Å². The third-order valence-electron chi connectivity index (χ3n) is 5.21. The summed E-state index contributed by atoms with van der Waals surface area (Å²) in [7, 11) is 1.64. The van der Waals surface area contributed by atoms with E-state index in [1.807, 2.05) is 48.2 Å². The van der Waals surface area contributed by atoms with Crippen molar-refractivity contribution in [2.75, 3.05) is 26.8 Å². The van der Waals surface area contributed by atoms with Crippen LogP contribution >= 0.6 is 0 Å². The maximum absolute atomic E-state index is 12.6. The molecule has 3 rings (SSSR count). The van der Waals surface area contributed by atoms with E-state index in [1.54, 1.807) is 7.11 Å². The molecule has 2 aromatic rings. The summed E-state index contributed by atoms with van der Waals surface area (Å²) in [5, 5.41) is 3.62. The Hall–Kier alpha value is -2.53. The van der Waals surface area contributed by atoms with Crippen LogP contribution in [0.25, 0.3) is 0 Å². The molecule has 0 unspecified atom stereocenters. The van der Waals surface area contributed by atoms with Crippen molar-refractivity contribution in [1.82, 2.24) is 10.2 Å². The van der Waals surface area contributed by atoms with Gasteiger partial charge in [-0.15, -0.1) is 0 Å². The molecule has 150 valence electrons. The Kier molecular flexibility index (Phi) is 7.31. The fourth-order valence-electron chi connectivity index (χ4n) is 3.59. The number of hydrogen-bond donors (Lipinski definition) is 1. The summed E-state index contributed by atoms with van der Waals surface area (Å²) in [6.07, 6.45) is 2.36. The lowest BCUT2D eigenvalue weighted by Gasteiger charge is -2.32. The molecule has 0 saturated carbocycles. The average Bonchev–Trinajstić information content (AvgIpc) is 2.74. The van der Waals surface area contributed by atoms with Crippen LogP contribution in [-0.2, 0) is 17.8 Å². The summed E-state index contributed by atoms with van der Waals surface area (Å²) in [5.41, 5.74) is 2.20. The highest BCUT2D eigenvalue weighted by Crippen LogP contribution is 2.20. The first-order valence-corrected chi connectivity index (χ1v) is 10.0. The molecule has 0 aromatic heterocycles. The zero-order chi connectivity index (χ0) is 19.8. The largest absolute Gasteiger partial charge is 0.496 e. The van der Waals surface area contributed by atoms with Crippen molar-refractivity contribution in [3.63, 3.8) is 0 Å². The van der Waals surface area contributed by atoms with Gasteiger partial charge < -0.3 is 19.7 Å². The van der Waals surface area contributed by atoms with E-state index in [4.69, 9.17) is 9.47 Å². The van der Waals surface area contributed by atoms with E-state index in [9.17, 15) is 4.79 Å². The molecule has 1 aliphatic rings. The van der Waals surface area contributed by atoms with Crippen LogP contribution in [0.1, 0.15) is 30.9 Å². The van der Waals surface area contributed by atoms with Gasteiger partial charge in [-0.05, 0) is 43.5 Å². The topological polar surface area (TPSA) is 50.8 Å². The summed E-state index contributed by atoms with van der Waals surface area (Å²) in [6.45, 7) is 5.12. The second-order valence-electron chi connectivity index (χ2n) is 7.10. The first-order valence-electron chi connectivity index (χ1n) is 10.0. The first-order chi connectivity index (χ1) is 13.7. The third-order valence-corrected chi connectivity index (χ3v) is 5.21. The van der Waals surface area contributed by atoms with Crippen LogP contribution in [-0.4, -0.2) is 43.7 Å². The maximum Gasteiger partial charge on any atom is 0.227 e. The van der Waals surface area contributed by atoms with Gasteiger partial charge in [-0.25, -0.2) is 0 Å². The summed E-state index contributed by atoms with van der Waals surface area (Å²) in [6, 6.07) is 16.4. The van der Waals surface area contributed by atoms with Crippen molar-refractivity contribution in [3.8, 4) is 11.5 Å². The quantitative estimate of drug-likeness (QED) is 0.760. The molecule has 0 bridgehead atoms. The molecule has 1 aliphatic heterocycles. The minimum Gasteiger partial charge on any atom is -0.496 e. The van der Waals surface area contributed by atoms with Crippen LogP contribution in [0.15, 0.2) is 48.5 Å². The van der Waals surface area contributed by atoms with Crippen molar-refractivity contribution < 1.29 is 14.3 Å². The molecule has 1 saturated heterocycles. The normalized spacial score (nSPS) is 14.7. The van der Waals surface area contributed by atoms with Crippen molar-refractivity contribution in [1.29, 1.82) is 0 Å². The number of nitrogens with zero attached hydrogens (tertiary/aromatic N) is 1. The Morgan fingerprint density at radius 1 is 1.11 bits per heavy atom. The number of methoxy groups -OCH3 is 1. The number of para-hydroxylation sites is 1. The predicted octanol–water partition coefficient (Wildman–Crippen LogP) is 3.42. The van der Waals surface area contributed by atoms with Gasteiger partial charge >= 0.3 is 0 Å². The minimum atomic E-state index is 0.175. The van der Waals surface area contributed by atoms with Gasteiger partial charge in [-0.1, -0.05) is 30.3 Å². The lowest BCUT2D eigenvalue weighted by atomic mass is 10.0. The van der Waals surface area contributed by atoms with Gasteiger partial charge in [0, 0.05) is 31.2 Å². The van der Waals surface area contributed by atoms with E-state index in [-0.39, 0.29) is 5.91 Å². The second kappa shape index (κ2) is 10.1. The summed E-state index contributed by atoms with van der Waals surface area (Å²) < 4.78 is 10.8. The molecule has 0 atom stereocenters. The number of likely N-dealkylation sites (tertiary alicyclic amines) is 1. The molecule has 2 aromatic carbocycles. The zero-order valence-corrected chi connectivity index (χ0v) is 16.8. The Balaban J connectivity index is 1.43. The van der Waals surface area contributed by atoms with Gasteiger partial charge in [0.2, 0.25) is 5.91 Å². The summed E-state index contributed by atoms with van der Waals surface area (Å²) >= 11 is 0. The molecule has 1 fully saturated rings. The van der Waals surface area contributed by atoms with Crippen molar-refractivity contribution in [3.05, 3.63) is 59.7 Å². The predicted molar refractivity (Wildman–Crippen MR) is 111 cm³/mol. The van der Waals surface area contributed by atoms with Gasteiger partial charge in [0.15, 0.2) is 0 Å². The number of rotatable bonds is 8. The number of carbonyl (C=O) groups is 1. The van der Waals surface area contributed by atoms with Gasteiger partial charge in [0.05, 0.1) is 20.1 Å². The standard InChI is InChI=1S/C23H30N2O3/c1-3-28-21-10-8-18(9-11-21)17-24-20-12-14-25(15-13-20)23(26)16-19-6-4-5-7-22(19)27-2/h4-11,20,24H,3,12-17H2,1-2H3. The fourth-order valence-corrected chi connectivity index (χ4v) is 3.59. The van der Waals surface area contributed by atoms with E-state index < -0.39 is 0 Å². The highest BCUT2D eigenvalue weighted by atomic mass is 16.5. The molecule has 1 amide bonds. The Bertz CT molecular complexity index is 753. The molecule has 0 radical (unpaired) electrons. The summed E-state index contributed by atoms with van der Waals surface area (Å²) in [5.74, 6) is 1.87. The van der Waals surface area contributed by atoms with E-state index in [0.717, 1.165) is 49.5 Å². The number of amides is 1. The Labute approximate surface area is 167 Å². The molecule has 1 heterocycles. The zero-order valence-electron chi connectivity index (χ0n) is 16.8. The van der Waals surface area contributed by atoms with Crippen molar-refractivity contribution >= 4 is 5.91 Å². The van der Waals surface area contributed by atoms with E-state index in [2.05, 4.69) is 17.4 Å². The Morgan fingerprint density at radius 2 is 1.82 bits per heavy atom. The lowest BCUT2D eigenvalue weighted by Crippen LogP contribution is -2.45.